The number of hydrogen-bond donors (Lipinski definition) is 1. The predicted molar refractivity (Wildman–Crippen MR) is 48.1 cm³/mol. The van der Waals surface area contributed by atoms with Gasteiger partial charge < -0.3 is 5.11 Å². The molecule has 1 N–H and O–H groups in total. The molecule has 0 aliphatic heterocycles. The molecule has 2 heteroatoms. The SMILES string of the molecule is Cc1cccc2c(O)nccc12. The molecule has 0 aliphatic carbocycles. The number of benzene rings is 1. The van der Waals surface area contributed by atoms with Gasteiger partial charge in [-0.25, -0.2) is 4.98 Å². The van der Waals surface area contributed by atoms with Gasteiger partial charge in [0.1, 0.15) is 0 Å². The maximum Gasteiger partial charge on any atom is 0.218 e. The monoisotopic (exact) mass is 159 g/mol. The second kappa shape index (κ2) is 2.48. The van der Waals surface area contributed by atoms with E-state index in [1.165, 1.54) is 0 Å². The van der Waals surface area contributed by atoms with Gasteiger partial charge in [0, 0.05) is 11.6 Å². The van der Waals surface area contributed by atoms with Crippen LogP contribution in [0.1, 0.15) is 5.56 Å². The van der Waals surface area contributed by atoms with E-state index in [0.717, 1.165) is 16.3 Å². The second-order valence-electron chi connectivity index (χ2n) is 2.80. The molecule has 0 unspecified atom stereocenters. The zero-order valence-electron chi connectivity index (χ0n) is 6.78. The molecular formula is C10H9NO. The van der Waals surface area contributed by atoms with Gasteiger partial charge in [-0.3, -0.25) is 0 Å². The summed E-state index contributed by atoms with van der Waals surface area (Å²) in [6.07, 6.45) is 1.62. The van der Waals surface area contributed by atoms with Crippen LogP contribution >= 0.6 is 0 Å². The van der Waals surface area contributed by atoms with Gasteiger partial charge in [-0.2, -0.15) is 0 Å². The predicted octanol–water partition coefficient (Wildman–Crippen LogP) is 2.25. The molecule has 0 aliphatic rings. The van der Waals surface area contributed by atoms with Crippen LogP contribution in [0, 0.1) is 6.92 Å². The van der Waals surface area contributed by atoms with Gasteiger partial charge in [0.15, 0.2) is 0 Å². The quantitative estimate of drug-likeness (QED) is 0.639. The summed E-state index contributed by atoms with van der Waals surface area (Å²) >= 11 is 0. The van der Waals surface area contributed by atoms with Crippen LogP contribution in [0.5, 0.6) is 5.88 Å². The number of fused-ring (bicyclic) bond motifs is 1. The van der Waals surface area contributed by atoms with E-state index >= 15 is 0 Å². The number of nitrogens with zero attached hydrogens (tertiary/aromatic N) is 1. The van der Waals surface area contributed by atoms with Gasteiger partial charge in [0.2, 0.25) is 5.88 Å². The first-order chi connectivity index (χ1) is 5.79. The minimum atomic E-state index is 0.108. The number of aromatic nitrogens is 1. The Balaban J connectivity index is 2.94. The zero-order valence-corrected chi connectivity index (χ0v) is 6.78. The van der Waals surface area contributed by atoms with Crippen LogP contribution in [0.3, 0.4) is 0 Å². The number of aromatic hydroxyl groups is 1. The molecule has 60 valence electrons. The van der Waals surface area contributed by atoms with Crippen molar-refractivity contribution in [3.8, 4) is 5.88 Å². The summed E-state index contributed by atoms with van der Waals surface area (Å²) < 4.78 is 0. The molecular weight excluding hydrogens is 150 g/mol. The van der Waals surface area contributed by atoms with E-state index in [4.69, 9.17) is 0 Å². The zero-order chi connectivity index (χ0) is 8.55. The van der Waals surface area contributed by atoms with Crippen LogP contribution in [0.15, 0.2) is 30.5 Å². The molecule has 0 fully saturated rings. The van der Waals surface area contributed by atoms with Crippen LogP contribution in [0.2, 0.25) is 0 Å². The number of hydrogen-bond acceptors (Lipinski definition) is 2. The van der Waals surface area contributed by atoms with Gasteiger partial charge in [0.25, 0.3) is 0 Å². The van der Waals surface area contributed by atoms with Crippen molar-refractivity contribution in [3.63, 3.8) is 0 Å². The minimum Gasteiger partial charge on any atom is -0.493 e. The summed E-state index contributed by atoms with van der Waals surface area (Å²) in [6, 6.07) is 7.70. The molecule has 1 aromatic heterocycles. The van der Waals surface area contributed by atoms with E-state index < -0.39 is 0 Å². The Bertz CT molecular complexity index is 382. The summed E-state index contributed by atoms with van der Waals surface area (Å²) in [7, 11) is 0. The Morgan fingerprint density at radius 3 is 2.75 bits per heavy atom. The fourth-order valence-corrected chi connectivity index (χ4v) is 1.35. The molecule has 0 radical (unpaired) electrons. The standard InChI is InChI=1S/C10H9NO/c1-7-3-2-4-9-8(7)5-6-11-10(9)12/h2-6H,1H3,(H,11,12). The molecule has 0 saturated carbocycles. The van der Waals surface area contributed by atoms with E-state index in [2.05, 4.69) is 4.98 Å². The second-order valence-corrected chi connectivity index (χ2v) is 2.80. The maximum atomic E-state index is 9.38. The average Bonchev–Trinajstić information content (AvgIpc) is 2.07. The Morgan fingerprint density at radius 2 is 2.00 bits per heavy atom. The fourth-order valence-electron chi connectivity index (χ4n) is 1.35. The highest BCUT2D eigenvalue weighted by atomic mass is 16.3. The number of pyridine rings is 1. The third kappa shape index (κ3) is 0.925. The van der Waals surface area contributed by atoms with Crippen molar-refractivity contribution in [2.75, 3.05) is 0 Å². The van der Waals surface area contributed by atoms with Gasteiger partial charge in [0.05, 0.1) is 0 Å². The van der Waals surface area contributed by atoms with Gasteiger partial charge >= 0.3 is 0 Å². The largest absolute Gasteiger partial charge is 0.493 e. The lowest BCUT2D eigenvalue weighted by Crippen LogP contribution is -1.80. The van der Waals surface area contributed by atoms with Crippen LogP contribution < -0.4 is 0 Å². The molecule has 12 heavy (non-hydrogen) atoms. The van der Waals surface area contributed by atoms with Crippen molar-refractivity contribution < 1.29 is 5.11 Å². The molecule has 2 rings (SSSR count). The summed E-state index contributed by atoms with van der Waals surface area (Å²) in [5.74, 6) is 0.108. The molecule has 0 amide bonds. The third-order valence-corrected chi connectivity index (χ3v) is 2.00. The summed E-state index contributed by atoms with van der Waals surface area (Å²) in [5.41, 5.74) is 1.16. The average molecular weight is 159 g/mol. The molecule has 0 bridgehead atoms. The van der Waals surface area contributed by atoms with Crippen molar-refractivity contribution in [2.45, 2.75) is 6.92 Å². The molecule has 0 spiro atoms. The van der Waals surface area contributed by atoms with Crippen molar-refractivity contribution in [3.05, 3.63) is 36.0 Å². The van der Waals surface area contributed by atoms with E-state index in [9.17, 15) is 5.11 Å². The molecule has 2 nitrogen and oxygen atoms in total. The molecule has 1 heterocycles. The van der Waals surface area contributed by atoms with E-state index in [0.29, 0.717) is 0 Å². The summed E-state index contributed by atoms with van der Waals surface area (Å²) in [6.45, 7) is 2.02. The van der Waals surface area contributed by atoms with Crippen molar-refractivity contribution >= 4 is 10.8 Å². The topological polar surface area (TPSA) is 33.1 Å². The lowest BCUT2D eigenvalue weighted by Gasteiger charge is -2.01. The Kier molecular flexibility index (Phi) is 1.47. The fraction of sp³-hybridized carbons (Fsp3) is 0.100. The highest BCUT2D eigenvalue weighted by molar-refractivity contribution is 5.88. The smallest absolute Gasteiger partial charge is 0.218 e. The normalized spacial score (nSPS) is 10.4. The minimum absolute atomic E-state index is 0.108. The molecule has 0 atom stereocenters. The van der Waals surface area contributed by atoms with Gasteiger partial charge in [-0.15, -0.1) is 0 Å². The van der Waals surface area contributed by atoms with E-state index in [1.807, 2.05) is 31.2 Å². The van der Waals surface area contributed by atoms with Crippen LogP contribution in [-0.2, 0) is 0 Å². The highest BCUT2D eigenvalue weighted by Crippen LogP contribution is 2.23. The first kappa shape index (κ1) is 7.10. The van der Waals surface area contributed by atoms with Crippen molar-refractivity contribution in [1.29, 1.82) is 0 Å². The van der Waals surface area contributed by atoms with Gasteiger partial charge in [-0.1, -0.05) is 12.1 Å². The Labute approximate surface area is 70.5 Å². The maximum absolute atomic E-state index is 9.38. The lowest BCUT2D eigenvalue weighted by molar-refractivity contribution is 0.460. The third-order valence-electron chi connectivity index (χ3n) is 2.00. The summed E-state index contributed by atoms with van der Waals surface area (Å²) in [4.78, 5) is 3.80. The van der Waals surface area contributed by atoms with Crippen LogP contribution in [-0.4, -0.2) is 10.1 Å². The van der Waals surface area contributed by atoms with Gasteiger partial charge in [-0.05, 0) is 30.0 Å². The molecule has 2 aromatic rings. The van der Waals surface area contributed by atoms with Crippen molar-refractivity contribution in [2.24, 2.45) is 0 Å². The van der Waals surface area contributed by atoms with E-state index in [1.54, 1.807) is 6.20 Å². The first-order valence-electron chi connectivity index (χ1n) is 3.82. The first-order valence-corrected chi connectivity index (χ1v) is 3.82. The molecule has 1 aromatic carbocycles. The number of aryl methyl sites for hydroxylation is 1. The van der Waals surface area contributed by atoms with Crippen molar-refractivity contribution in [1.82, 2.24) is 4.98 Å². The Hall–Kier alpha value is -1.57. The molecule has 0 saturated heterocycles. The van der Waals surface area contributed by atoms with E-state index in [-0.39, 0.29) is 5.88 Å². The Morgan fingerprint density at radius 1 is 1.17 bits per heavy atom. The highest BCUT2D eigenvalue weighted by Gasteiger charge is 2.00. The van der Waals surface area contributed by atoms with Crippen LogP contribution in [0.25, 0.3) is 10.8 Å². The number of rotatable bonds is 0. The lowest BCUT2D eigenvalue weighted by atomic mass is 10.1. The summed E-state index contributed by atoms with van der Waals surface area (Å²) in [5, 5.41) is 11.3. The van der Waals surface area contributed by atoms with Crippen LogP contribution in [0.4, 0.5) is 0 Å².